The van der Waals surface area contributed by atoms with Gasteiger partial charge in [0.2, 0.25) is 0 Å². The van der Waals surface area contributed by atoms with Crippen LogP contribution >= 0.6 is 27.5 Å². The molecule has 3 rings (SSSR count). The molecule has 0 unspecified atom stereocenters. The maximum absolute atomic E-state index is 12.2. The fourth-order valence-electron chi connectivity index (χ4n) is 2.04. The van der Waals surface area contributed by atoms with Gasteiger partial charge in [0, 0.05) is 10.0 Å². The van der Waals surface area contributed by atoms with E-state index in [0.717, 1.165) is 4.47 Å². The van der Waals surface area contributed by atoms with Crippen LogP contribution in [-0.2, 0) is 0 Å². The van der Waals surface area contributed by atoms with Crippen LogP contribution in [0.2, 0.25) is 5.02 Å². The molecule has 1 heterocycles. The van der Waals surface area contributed by atoms with E-state index in [2.05, 4.69) is 15.9 Å². The molecule has 0 aromatic heterocycles. The lowest BCUT2D eigenvalue weighted by Crippen LogP contribution is -2.17. The lowest BCUT2D eigenvalue weighted by Gasteiger charge is -2.18. The molecule has 0 bridgehead atoms. The zero-order valence-corrected chi connectivity index (χ0v) is 13.8. The first-order valence-corrected chi connectivity index (χ1v) is 7.81. The van der Waals surface area contributed by atoms with Crippen LogP contribution in [0.4, 0.5) is 0 Å². The minimum absolute atomic E-state index is 0.0962. The molecule has 1 aliphatic rings. The second kappa shape index (κ2) is 6.58. The van der Waals surface area contributed by atoms with Crippen molar-refractivity contribution in [1.29, 1.82) is 0 Å². The highest BCUT2D eigenvalue weighted by molar-refractivity contribution is 9.10. The fraction of sp³-hybridized carbons (Fsp3) is 0.188. The van der Waals surface area contributed by atoms with Gasteiger partial charge in [0.15, 0.2) is 23.9 Å². The van der Waals surface area contributed by atoms with E-state index in [0.29, 0.717) is 41.0 Å². The van der Waals surface area contributed by atoms with Gasteiger partial charge in [-0.25, -0.2) is 0 Å². The Morgan fingerprint density at radius 2 is 1.91 bits per heavy atom. The first kappa shape index (κ1) is 15.2. The number of carbonyl (C=O) groups is 1. The number of rotatable bonds is 4. The van der Waals surface area contributed by atoms with Gasteiger partial charge in [0.25, 0.3) is 0 Å². The number of halogens is 2. The largest absolute Gasteiger partial charge is 0.486 e. The summed E-state index contributed by atoms with van der Waals surface area (Å²) in [5, 5.41) is 0.448. The molecule has 0 aliphatic carbocycles. The Bertz CT molecular complexity index is 717. The number of ketones is 1. The maximum Gasteiger partial charge on any atom is 0.200 e. The number of ether oxygens (including phenoxy) is 3. The van der Waals surface area contributed by atoms with E-state index in [4.69, 9.17) is 25.8 Å². The molecule has 4 nitrogen and oxygen atoms in total. The van der Waals surface area contributed by atoms with Crippen molar-refractivity contribution < 1.29 is 19.0 Å². The molecule has 0 amide bonds. The Balaban J connectivity index is 1.69. The zero-order valence-electron chi connectivity index (χ0n) is 11.5. The predicted octanol–water partition coefficient (Wildman–Crippen LogP) is 4.14. The van der Waals surface area contributed by atoms with E-state index >= 15 is 0 Å². The molecule has 114 valence electrons. The number of benzene rings is 2. The lowest BCUT2D eigenvalue weighted by atomic mass is 10.1. The van der Waals surface area contributed by atoms with Crippen LogP contribution in [-0.4, -0.2) is 25.6 Å². The number of hydrogen-bond donors (Lipinski definition) is 0. The first-order valence-electron chi connectivity index (χ1n) is 6.64. The van der Waals surface area contributed by atoms with Crippen molar-refractivity contribution in [2.75, 3.05) is 19.8 Å². The van der Waals surface area contributed by atoms with Crippen LogP contribution in [0, 0.1) is 0 Å². The Kier molecular flexibility index (Phi) is 4.55. The molecule has 0 atom stereocenters. The SMILES string of the molecule is O=C(COc1ccc(Br)cc1Cl)c1ccc2c(c1)OCCO2. The van der Waals surface area contributed by atoms with Gasteiger partial charge in [0.05, 0.1) is 5.02 Å². The Hall–Kier alpha value is -1.72. The number of fused-ring (bicyclic) bond motifs is 1. The third-order valence-corrected chi connectivity index (χ3v) is 3.91. The number of hydrogen-bond acceptors (Lipinski definition) is 4. The van der Waals surface area contributed by atoms with E-state index in [1.165, 1.54) is 0 Å². The summed E-state index contributed by atoms with van der Waals surface area (Å²) in [5.74, 6) is 1.55. The molecule has 0 radical (unpaired) electrons. The van der Waals surface area contributed by atoms with Crippen molar-refractivity contribution in [2.45, 2.75) is 0 Å². The average molecular weight is 384 g/mol. The van der Waals surface area contributed by atoms with Gasteiger partial charge in [-0.05, 0) is 36.4 Å². The number of Topliss-reactive ketones (excluding diaryl/α,β-unsaturated/α-hetero) is 1. The van der Waals surface area contributed by atoms with Gasteiger partial charge >= 0.3 is 0 Å². The van der Waals surface area contributed by atoms with Crippen molar-refractivity contribution >= 4 is 33.3 Å². The van der Waals surface area contributed by atoms with Gasteiger partial charge < -0.3 is 14.2 Å². The van der Waals surface area contributed by atoms with Crippen LogP contribution in [0.1, 0.15) is 10.4 Å². The van der Waals surface area contributed by atoms with Crippen LogP contribution in [0.15, 0.2) is 40.9 Å². The molecule has 0 spiro atoms. The molecular weight excluding hydrogens is 372 g/mol. The molecule has 2 aromatic carbocycles. The summed E-state index contributed by atoms with van der Waals surface area (Å²) in [6, 6.07) is 10.3. The third-order valence-electron chi connectivity index (χ3n) is 3.12. The molecule has 22 heavy (non-hydrogen) atoms. The maximum atomic E-state index is 12.2. The summed E-state index contributed by atoms with van der Waals surface area (Å²) in [5.41, 5.74) is 0.512. The third kappa shape index (κ3) is 3.36. The lowest BCUT2D eigenvalue weighted by molar-refractivity contribution is 0.0920. The van der Waals surface area contributed by atoms with Crippen molar-refractivity contribution in [2.24, 2.45) is 0 Å². The second-order valence-electron chi connectivity index (χ2n) is 4.65. The predicted molar refractivity (Wildman–Crippen MR) is 86.4 cm³/mol. The normalized spacial score (nSPS) is 12.8. The molecule has 0 saturated carbocycles. The Labute approximate surface area is 141 Å². The van der Waals surface area contributed by atoms with Gasteiger partial charge in [-0.15, -0.1) is 0 Å². The molecule has 2 aromatic rings. The van der Waals surface area contributed by atoms with Crippen molar-refractivity contribution in [3.05, 3.63) is 51.5 Å². The van der Waals surface area contributed by atoms with Crippen LogP contribution in [0.5, 0.6) is 17.2 Å². The molecule has 6 heteroatoms. The van der Waals surface area contributed by atoms with Crippen molar-refractivity contribution in [3.63, 3.8) is 0 Å². The summed E-state index contributed by atoms with van der Waals surface area (Å²) in [4.78, 5) is 12.2. The standard InChI is InChI=1S/C16H12BrClO4/c17-11-2-4-14(12(18)8-11)22-9-13(19)10-1-3-15-16(7-10)21-6-5-20-15/h1-4,7-8H,5-6,9H2. The smallest absolute Gasteiger partial charge is 0.200 e. The summed E-state index contributed by atoms with van der Waals surface area (Å²) < 4.78 is 17.2. The summed E-state index contributed by atoms with van der Waals surface area (Å²) in [6.45, 7) is 0.905. The highest BCUT2D eigenvalue weighted by atomic mass is 79.9. The van der Waals surface area contributed by atoms with E-state index in [1.807, 2.05) is 0 Å². The monoisotopic (exact) mass is 382 g/mol. The molecular formula is C16H12BrClO4. The van der Waals surface area contributed by atoms with Crippen molar-refractivity contribution in [1.82, 2.24) is 0 Å². The fourth-order valence-corrected chi connectivity index (χ4v) is 2.76. The zero-order chi connectivity index (χ0) is 15.5. The molecule has 0 N–H and O–H groups in total. The van der Waals surface area contributed by atoms with Crippen molar-refractivity contribution in [3.8, 4) is 17.2 Å². The topological polar surface area (TPSA) is 44.8 Å². The van der Waals surface area contributed by atoms with E-state index in [-0.39, 0.29) is 12.4 Å². The highest BCUT2D eigenvalue weighted by Gasteiger charge is 2.15. The van der Waals surface area contributed by atoms with Gasteiger partial charge in [-0.2, -0.15) is 0 Å². The van der Waals surface area contributed by atoms with Crippen LogP contribution in [0.25, 0.3) is 0 Å². The molecule has 0 saturated heterocycles. The quantitative estimate of drug-likeness (QED) is 0.745. The molecule has 1 aliphatic heterocycles. The summed E-state index contributed by atoms with van der Waals surface area (Å²) >= 11 is 9.37. The average Bonchev–Trinajstić information content (AvgIpc) is 2.53. The number of carbonyl (C=O) groups excluding carboxylic acids is 1. The minimum atomic E-state index is -0.157. The summed E-state index contributed by atoms with van der Waals surface area (Å²) in [6.07, 6.45) is 0. The van der Waals surface area contributed by atoms with Gasteiger partial charge in [-0.3, -0.25) is 4.79 Å². The molecule has 0 fully saturated rings. The Morgan fingerprint density at radius 3 is 2.68 bits per heavy atom. The van der Waals surface area contributed by atoms with Crippen LogP contribution < -0.4 is 14.2 Å². The Morgan fingerprint density at radius 1 is 1.14 bits per heavy atom. The second-order valence-corrected chi connectivity index (χ2v) is 5.97. The van der Waals surface area contributed by atoms with E-state index < -0.39 is 0 Å². The minimum Gasteiger partial charge on any atom is -0.486 e. The van der Waals surface area contributed by atoms with E-state index in [9.17, 15) is 4.79 Å². The van der Waals surface area contributed by atoms with Gasteiger partial charge in [-0.1, -0.05) is 27.5 Å². The highest BCUT2D eigenvalue weighted by Crippen LogP contribution is 2.31. The van der Waals surface area contributed by atoms with E-state index in [1.54, 1.807) is 36.4 Å². The first-order chi connectivity index (χ1) is 10.6. The van der Waals surface area contributed by atoms with Gasteiger partial charge in [0.1, 0.15) is 19.0 Å². The summed E-state index contributed by atoms with van der Waals surface area (Å²) in [7, 11) is 0. The van der Waals surface area contributed by atoms with Crippen LogP contribution in [0.3, 0.4) is 0 Å².